The molecule has 0 spiro atoms. The molecule has 0 aromatic heterocycles. The quantitative estimate of drug-likeness (QED) is 0.177. The number of phenols is 1. The Kier molecular flexibility index (Phi) is 8.67. The number of quaternary nitrogens is 1. The summed E-state index contributed by atoms with van der Waals surface area (Å²) < 4.78 is 4.81. The van der Waals surface area contributed by atoms with E-state index in [1.54, 1.807) is 0 Å². The molecule has 0 aliphatic heterocycles. The number of methoxy groups -OCH3 is 1. The Hall–Kier alpha value is -2.99. The van der Waals surface area contributed by atoms with Crippen LogP contribution >= 0.6 is 0 Å². The van der Waals surface area contributed by atoms with Gasteiger partial charge in [-0.25, -0.2) is 10.0 Å². The van der Waals surface area contributed by atoms with Crippen LogP contribution in [-0.2, 0) is 25.6 Å². The third-order valence-corrected chi connectivity index (χ3v) is 10.9. The number of oxime groups is 1. The Morgan fingerprint density at radius 2 is 1.95 bits per heavy atom. The van der Waals surface area contributed by atoms with Crippen molar-refractivity contribution in [2.24, 2.45) is 33.7 Å². The van der Waals surface area contributed by atoms with Gasteiger partial charge in [0.15, 0.2) is 12.4 Å². The Morgan fingerprint density at radius 3 is 2.69 bits per heavy atom. The van der Waals surface area contributed by atoms with E-state index in [1.165, 1.54) is 30.9 Å². The molecule has 4 aliphatic rings. The number of fused-ring (bicyclic) bond motifs is 5. The molecular weight excluding hydrogens is 542 g/mol. The van der Waals surface area contributed by atoms with Crippen molar-refractivity contribution in [2.75, 3.05) is 13.7 Å². The Balaban J connectivity index is 1.19. The normalized spacial score (nSPS) is 34.3. The number of esters is 1. The monoisotopic (exact) mass is 585 g/mol. The molecule has 8 atom stereocenters. The largest absolute Gasteiger partial charge is 0.595 e. The van der Waals surface area contributed by atoms with Gasteiger partial charge in [-0.1, -0.05) is 30.6 Å². The molecule has 1 unspecified atom stereocenters. The SMILES string of the molecule is COC(=O)[C@H](Cc1ccc(O)c([NH+]([O-])O)c1)NC(=O)CON=C1C=C2CC[C@H]3[C@@H](CC[C@]4(C)[C@@H](O)CC[C@@H]34)[C@@]2(C)CC1. The Labute approximate surface area is 246 Å². The van der Waals surface area contributed by atoms with Gasteiger partial charge in [-0.05, 0) is 97.7 Å². The lowest BCUT2D eigenvalue weighted by Crippen LogP contribution is -2.99. The summed E-state index contributed by atoms with van der Waals surface area (Å²) in [5.74, 6) is 0.222. The van der Waals surface area contributed by atoms with E-state index in [4.69, 9.17) is 9.57 Å². The van der Waals surface area contributed by atoms with E-state index in [9.17, 15) is 30.2 Å². The molecule has 11 nitrogen and oxygen atoms in total. The highest BCUT2D eigenvalue weighted by atomic mass is 16.8. The number of hydrogen-bond donors (Lipinski definition) is 5. The molecule has 42 heavy (non-hydrogen) atoms. The summed E-state index contributed by atoms with van der Waals surface area (Å²) in [6, 6.07) is 2.89. The Bertz CT molecular complexity index is 1260. The number of nitrogens with one attached hydrogen (secondary N) is 2. The molecule has 1 aromatic carbocycles. The average molecular weight is 586 g/mol. The number of aliphatic hydroxyl groups excluding tert-OH is 1. The zero-order valence-corrected chi connectivity index (χ0v) is 24.6. The minimum absolute atomic E-state index is 0.0285. The number of carbonyl (C=O) groups is 2. The number of rotatable bonds is 8. The number of benzene rings is 1. The first-order valence-corrected chi connectivity index (χ1v) is 15.0. The van der Waals surface area contributed by atoms with Crippen LogP contribution in [0.2, 0.25) is 0 Å². The van der Waals surface area contributed by atoms with Gasteiger partial charge in [0.2, 0.25) is 5.69 Å². The number of phenolic OH excluding ortho intramolecular Hbond substituents is 1. The van der Waals surface area contributed by atoms with Crippen LogP contribution in [0.25, 0.3) is 0 Å². The van der Waals surface area contributed by atoms with E-state index in [1.807, 2.05) is 0 Å². The van der Waals surface area contributed by atoms with Gasteiger partial charge in [0, 0.05) is 12.5 Å². The summed E-state index contributed by atoms with van der Waals surface area (Å²) in [5, 5.41) is 46.5. The van der Waals surface area contributed by atoms with Crippen molar-refractivity contribution >= 4 is 23.3 Å². The molecular formula is C31H43N3O8. The summed E-state index contributed by atoms with van der Waals surface area (Å²) in [5.41, 5.74) is 2.53. The van der Waals surface area contributed by atoms with E-state index in [0.29, 0.717) is 23.3 Å². The number of nitrogens with zero attached hydrogens (tertiary/aromatic N) is 1. The molecule has 3 saturated carbocycles. The highest BCUT2D eigenvalue weighted by molar-refractivity contribution is 5.96. The van der Waals surface area contributed by atoms with Crippen LogP contribution in [0.4, 0.5) is 5.69 Å². The fourth-order valence-electron chi connectivity index (χ4n) is 8.48. The molecule has 1 amide bonds. The van der Waals surface area contributed by atoms with Crippen LogP contribution in [0.1, 0.15) is 70.8 Å². The first-order chi connectivity index (χ1) is 20.0. The van der Waals surface area contributed by atoms with Gasteiger partial charge in [0.05, 0.1) is 18.9 Å². The van der Waals surface area contributed by atoms with Gasteiger partial charge >= 0.3 is 5.97 Å². The van der Waals surface area contributed by atoms with E-state index < -0.39 is 23.1 Å². The third kappa shape index (κ3) is 5.67. The zero-order chi connectivity index (χ0) is 30.2. The summed E-state index contributed by atoms with van der Waals surface area (Å²) in [4.78, 5) is 30.4. The lowest BCUT2D eigenvalue weighted by molar-refractivity contribution is -0.991. The summed E-state index contributed by atoms with van der Waals surface area (Å²) >= 11 is 0. The van der Waals surface area contributed by atoms with Crippen molar-refractivity contribution in [3.63, 3.8) is 0 Å². The maximum absolute atomic E-state index is 12.6. The summed E-state index contributed by atoms with van der Waals surface area (Å²) in [7, 11) is 1.20. The topological polar surface area (TPSA) is 165 Å². The molecule has 3 fully saturated rings. The Morgan fingerprint density at radius 1 is 1.17 bits per heavy atom. The second-order valence-corrected chi connectivity index (χ2v) is 13.0. The molecule has 11 heteroatoms. The van der Waals surface area contributed by atoms with E-state index >= 15 is 0 Å². The molecule has 4 aliphatic carbocycles. The second kappa shape index (κ2) is 11.9. The van der Waals surface area contributed by atoms with Crippen LogP contribution < -0.4 is 10.5 Å². The van der Waals surface area contributed by atoms with E-state index in [2.05, 4.69) is 30.4 Å². The number of allylic oxidation sites excluding steroid dienone is 2. The van der Waals surface area contributed by atoms with Gasteiger partial charge in [-0.15, -0.1) is 0 Å². The zero-order valence-electron chi connectivity index (χ0n) is 24.6. The number of carbonyl (C=O) groups excluding carboxylic acids is 2. The predicted octanol–water partition coefficient (Wildman–Crippen LogP) is 2.69. The highest BCUT2D eigenvalue weighted by Crippen LogP contribution is 2.65. The van der Waals surface area contributed by atoms with Crippen LogP contribution in [-0.4, -0.2) is 58.9 Å². The first-order valence-electron chi connectivity index (χ1n) is 15.0. The van der Waals surface area contributed by atoms with Crippen molar-refractivity contribution in [3.8, 4) is 5.75 Å². The van der Waals surface area contributed by atoms with Gasteiger partial charge in [-0.2, -0.15) is 5.23 Å². The number of amides is 1. The van der Waals surface area contributed by atoms with Crippen LogP contribution in [0, 0.1) is 33.8 Å². The van der Waals surface area contributed by atoms with E-state index in [0.717, 1.165) is 57.1 Å². The third-order valence-electron chi connectivity index (χ3n) is 10.9. The fourth-order valence-corrected chi connectivity index (χ4v) is 8.48. The van der Waals surface area contributed by atoms with E-state index in [-0.39, 0.29) is 41.4 Å². The highest BCUT2D eigenvalue weighted by Gasteiger charge is 2.58. The van der Waals surface area contributed by atoms with Gasteiger partial charge in [-0.3, -0.25) is 4.79 Å². The smallest absolute Gasteiger partial charge is 0.328 e. The number of aromatic hydroxyl groups is 1. The van der Waals surface area contributed by atoms with Crippen molar-refractivity contribution in [2.45, 2.75) is 83.8 Å². The molecule has 0 radical (unpaired) electrons. The van der Waals surface area contributed by atoms with Gasteiger partial charge in [0.25, 0.3) is 5.91 Å². The maximum Gasteiger partial charge on any atom is 0.328 e. The van der Waals surface area contributed by atoms with Crippen LogP contribution in [0.15, 0.2) is 35.0 Å². The summed E-state index contributed by atoms with van der Waals surface area (Å²) in [6.07, 6.45) is 10.1. The van der Waals surface area contributed by atoms with Crippen molar-refractivity contribution < 1.29 is 39.8 Å². The number of hydrogen-bond acceptors (Lipinski definition) is 9. The van der Waals surface area contributed by atoms with Crippen LogP contribution in [0.5, 0.6) is 5.75 Å². The molecule has 5 N–H and O–H groups in total. The maximum atomic E-state index is 12.6. The van der Waals surface area contributed by atoms with Crippen molar-refractivity contribution in [1.82, 2.24) is 5.32 Å². The molecule has 1 aromatic rings. The minimum atomic E-state index is -1.30. The molecule has 5 rings (SSSR count). The first kappa shape index (κ1) is 30.5. The average Bonchev–Trinajstić information content (AvgIpc) is 3.27. The summed E-state index contributed by atoms with van der Waals surface area (Å²) in [6.45, 7) is 4.31. The number of aliphatic hydroxyl groups is 1. The number of ether oxygens (including phenoxy) is 1. The molecule has 0 heterocycles. The molecule has 0 saturated heterocycles. The van der Waals surface area contributed by atoms with Gasteiger partial charge < -0.3 is 30.3 Å². The lowest BCUT2D eigenvalue weighted by atomic mass is 9.47. The van der Waals surface area contributed by atoms with Crippen LogP contribution in [0.3, 0.4) is 0 Å². The lowest BCUT2D eigenvalue weighted by Gasteiger charge is -2.57. The van der Waals surface area contributed by atoms with Crippen molar-refractivity contribution in [1.29, 1.82) is 0 Å². The van der Waals surface area contributed by atoms with Gasteiger partial charge in [0.1, 0.15) is 6.04 Å². The van der Waals surface area contributed by atoms with Crippen molar-refractivity contribution in [3.05, 3.63) is 40.6 Å². The fraction of sp³-hybridized carbons (Fsp3) is 0.645. The predicted molar refractivity (Wildman–Crippen MR) is 153 cm³/mol. The minimum Gasteiger partial charge on any atom is -0.595 e. The molecule has 230 valence electrons. The standard InChI is InChI=1S/C31H43N3O8/c1-30-12-10-20(16-19(30)5-6-21-22-7-9-27(36)31(22,2)13-11-23(21)30)33-42-17-28(37)32-24(29(38)41-3)14-18-4-8-26(35)25(15-18)34(39)40/h4,8,15-16,21-24,27,34-36,39H,5-7,9-14,17H2,1-3H3,(H,32,37)/t21-,22+,23-,24+,27+,30+,31+/m1/s1. The second-order valence-electron chi connectivity index (χ2n) is 13.0. The molecule has 0 bridgehead atoms.